The van der Waals surface area contributed by atoms with E-state index in [0.29, 0.717) is 81.3 Å². The van der Waals surface area contributed by atoms with Gasteiger partial charge in [-0.1, -0.05) is 77.1 Å². The van der Waals surface area contributed by atoms with Crippen LogP contribution in [0, 0.1) is 12.3 Å². The van der Waals surface area contributed by atoms with E-state index >= 15 is 8.78 Å². The van der Waals surface area contributed by atoms with Crippen LogP contribution in [0.2, 0.25) is 0 Å². The van der Waals surface area contributed by atoms with Crippen LogP contribution in [0.4, 0.5) is 25.1 Å². The summed E-state index contributed by atoms with van der Waals surface area (Å²) in [6.07, 6.45) is 9.74. The van der Waals surface area contributed by atoms with Crippen molar-refractivity contribution in [1.82, 2.24) is 55.6 Å². The molecule has 2 aromatic carbocycles. The number of nitrogens with one attached hydrogen (secondary N) is 4. The number of fused-ring (bicyclic) bond motifs is 2. The molecule has 7 heterocycles. The number of aryl methyl sites for hydroxylation is 2. The number of halogens is 2. The van der Waals surface area contributed by atoms with Gasteiger partial charge in [-0.3, -0.25) is 28.5 Å². The highest BCUT2D eigenvalue weighted by atomic mass is 32.1. The van der Waals surface area contributed by atoms with Crippen LogP contribution in [-0.2, 0) is 56.4 Å². The first-order chi connectivity index (χ1) is 39.5. The quantitative estimate of drug-likeness (QED) is 0.0415. The highest BCUT2D eigenvalue weighted by molar-refractivity contribution is 7.13. The Morgan fingerprint density at radius 3 is 2.37 bits per heavy atom. The number of aromatic nitrogens is 5. The number of likely N-dealkylation sites (tertiary alicyclic amines) is 1. The van der Waals surface area contributed by atoms with E-state index in [-0.39, 0.29) is 67.8 Å². The van der Waals surface area contributed by atoms with Gasteiger partial charge < -0.3 is 45.8 Å². The fourth-order valence-corrected chi connectivity index (χ4v) is 12.6. The molecule has 22 heteroatoms. The largest absolute Gasteiger partial charge is 0.391 e. The lowest BCUT2D eigenvalue weighted by Crippen LogP contribution is -2.57. The topological polar surface area (TPSA) is 221 Å². The number of benzene rings is 2. The Hall–Kier alpha value is -6.78. The predicted octanol–water partition coefficient (Wildman–Crippen LogP) is 8.30. The van der Waals surface area contributed by atoms with E-state index < -0.39 is 35.9 Å². The number of carbonyl (C=O) groups excluding carboxylic acids is 5. The highest BCUT2D eigenvalue weighted by Crippen LogP contribution is 2.44. The van der Waals surface area contributed by atoms with Crippen molar-refractivity contribution in [2.45, 2.75) is 168 Å². The van der Waals surface area contributed by atoms with Crippen molar-refractivity contribution < 1.29 is 42.6 Å². The van der Waals surface area contributed by atoms with E-state index in [1.54, 1.807) is 35.5 Å². The Balaban J connectivity index is 0.692. The summed E-state index contributed by atoms with van der Waals surface area (Å²) in [5.41, 5.74) is 8.47. The maximum atomic E-state index is 15.1. The van der Waals surface area contributed by atoms with Gasteiger partial charge in [0, 0.05) is 107 Å². The molecule has 0 spiro atoms. The molecule has 0 unspecified atom stereocenters. The number of amides is 6. The van der Waals surface area contributed by atoms with Gasteiger partial charge in [0.05, 0.1) is 41.0 Å². The molecular formula is C60H80F2N12O7S. The summed E-state index contributed by atoms with van der Waals surface area (Å²) < 4.78 is 39.4. The van der Waals surface area contributed by atoms with Gasteiger partial charge in [-0.05, 0) is 85.3 Å². The maximum Gasteiger partial charge on any atom is 0.317 e. The molecule has 6 amide bonds. The number of unbranched alkanes of at least 4 members (excludes halogenated alkanes) is 6. The van der Waals surface area contributed by atoms with Crippen LogP contribution >= 0.6 is 11.3 Å². The van der Waals surface area contributed by atoms with Crippen LogP contribution in [0.1, 0.15) is 144 Å². The number of β-amino-alcohol motifs (C(OH)–C–C–N with tert-alkyl or cyclic N) is 1. The minimum absolute atomic E-state index is 0.00573. The average molecular weight is 1150 g/mol. The van der Waals surface area contributed by atoms with E-state index in [2.05, 4.69) is 40.9 Å². The molecular weight excluding hydrogens is 1070 g/mol. The molecule has 9 rings (SSSR count). The predicted molar refractivity (Wildman–Crippen MR) is 309 cm³/mol. The Labute approximate surface area is 482 Å². The normalized spacial score (nSPS) is 17.8. The molecule has 4 aliphatic rings. The number of aliphatic hydroxyl groups is 1. The molecule has 2 saturated heterocycles. The maximum absolute atomic E-state index is 15.1. The van der Waals surface area contributed by atoms with Crippen LogP contribution in [0.3, 0.4) is 0 Å². The first-order valence-corrected chi connectivity index (χ1v) is 30.1. The summed E-state index contributed by atoms with van der Waals surface area (Å²) in [6, 6.07) is 9.55. The molecule has 19 nitrogen and oxygen atoms in total. The lowest BCUT2D eigenvalue weighted by molar-refractivity contribution is -0.144. The molecule has 5 aromatic rings. The van der Waals surface area contributed by atoms with E-state index in [1.165, 1.54) is 15.8 Å². The van der Waals surface area contributed by atoms with Crippen LogP contribution < -0.4 is 26.2 Å². The molecule has 0 saturated carbocycles. The van der Waals surface area contributed by atoms with Crippen molar-refractivity contribution in [3.63, 3.8) is 0 Å². The van der Waals surface area contributed by atoms with E-state index in [9.17, 15) is 29.1 Å². The van der Waals surface area contributed by atoms with Gasteiger partial charge >= 0.3 is 6.03 Å². The third-order valence-electron chi connectivity index (χ3n) is 16.3. The number of carbonyl (C=O) groups is 5. The number of rotatable bonds is 22. The number of hydrogen-bond donors (Lipinski definition) is 5. The second kappa shape index (κ2) is 27.1. The first-order valence-electron chi connectivity index (χ1n) is 29.2. The third-order valence-corrected chi connectivity index (χ3v) is 17.3. The van der Waals surface area contributed by atoms with Gasteiger partial charge in [-0.2, -0.15) is 10.2 Å². The van der Waals surface area contributed by atoms with Crippen LogP contribution in [0.5, 0.6) is 0 Å². The standard InChI is InChI=1S/C60H80F2N12O7S/c1-38-53(82-37-66-38)40-18-16-39(17-19-40)31-65-57(78)50-29-44(75)34-73(50)58(79)54(60(2,3)4)68-51(76)15-11-9-7-6-8-10-12-23-64-52(77)36-71-33-42(32-67-71)45-28-41-14-13-24-72(49(41)30-46(45)55(61)62)56-47-35-70(59(80)63-5)25-20-48(47)74(69-56)43-21-26-81-27-22-43/h16-19,28,30,32-33,37,43-44,50,54-55,75H,6-15,20-27,29,31,34-36H2,1-5H3,(H,63,80)(H,64,77)(H,65,78)(H,68,76)/t44-,50-,54+/m1/s1. The summed E-state index contributed by atoms with van der Waals surface area (Å²) in [5.74, 6) is -0.499. The van der Waals surface area contributed by atoms with Crippen molar-refractivity contribution >= 4 is 52.5 Å². The molecule has 0 aliphatic carbocycles. The average Bonchev–Trinajstić information content (AvgIpc) is 4.41. The lowest BCUT2D eigenvalue weighted by atomic mass is 9.85. The lowest BCUT2D eigenvalue weighted by Gasteiger charge is -2.35. The summed E-state index contributed by atoms with van der Waals surface area (Å²) >= 11 is 1.57. The van der Waals surface area contributed by atoms with Crippen molar-refractivity contribution in [3.8, 4) is 21.6 Å². The molecule has 442 valence electrons. The molecule has 3 aromatic heterocycles. The Bertz CT molecular complexity index is 3040. The number of ether oxygens (including phenoxy) is 1. The SMILES string of the molecule is CNC(=O)N1CCc2c(c(N3CCCc4cc(-c5cnn(CC(=O)NCCCCCCCCCC(=O)N[C@@H](C(=O)N6C[C@H](O)C[C@@H]6C(=O)NCc6ccc(-c7scnc7C)cc6)C(C)(C)C)c5)c(C(F)F)cc43)nn2C2CCOCC2)C1. The van der Waals surface area contributed by atoms with E-state index in [0.717, 1.165) is 96.3 Å². The van der Waals surface area contributed by atoms with Gasteiger partial charge in [0.25, 0.3) is 6.43 Å². The van der Waals surface area contributed by atoms with E-state index in [4.69, 9.17) is 9.84 Å². The number of anilines is 2. The molecule has 3 atom stereocenters. The Morgan fingerprint density at radius 1 is 0.915 bits per heavy atom. The number of hydrogen-bond acceptors (Lipinski definition) is 12. The number of alkyl halides is 2. The van der Waals surface area contributed by atoms with Gasteiger partial charge in [-0.25, -0.2) is 18.6 Å². The molecule has 0 radical (unpaired) electrons. The number of thiazole rings is 1. The molecule has 0 bridgehead atoms. The molecule has 2 fully saturated rings. The minimum atomic E-state index is -2.78. The van der Waals surface area contributed by atoms with Crippen molar-refractivity contribution in [2.24, 2.45) is 5.41 Å². The highest BCUT2D eigenvalue weighted by Gasteiger charge is 2.44. The smallest absolute Gasteiger partial charge is 0.317 e. The van der Waals surface area contributed by atoms with Crippen molar-refractivity contribution in [1.29, 1.82) is 0 Å². The monoisotopic (exact) mass is 1150 g/mol. The van der Waals surface area contributed by atoms with Gasteiger partial charge in [0.1, 0.15) is 18.6 Å². The van der Waals surface area contributed by atoms with Gasteiger partial charge in [-0.15, -0.1) is 11.3 Å². The van der Waals surface area contributed by atoms with Crippen LogP contribution in [0.15, 0.2) is 54.3 Å². The van der Waals surface area contributed by atoms with Gasteiger partial charge in [0.15, 0.2) is 5.82 Å². The second-order valence-electron chi connectivity index (χ2n) is 23.3. The summed E-state index contributed by atoms with van der Waals surface area (Å²) in [7, 11) is 1.62. The Kier molecular flexibility index (Phi) is 19.8. The third kappa shape index (κ3) is 14.3. The zero-order valence-corrected chi connectivity index (χ0v) is 48.8. The number of urea groups is 1. The second-order valence-corrected chi connectivity index (χ2v) is 24.2. The molecule has 82 heavy (non-hydrogen) atoms. The summed E-state index contributed by atoms with van der Waals surface area (Å²) in [5, 5.41) is 31.8. The van der Waals surface area contributed by atoms with E-state index in [1.807, 2.05) is 63.5 Å². The fourth-order valence-electron chi connectivity index (χ4n) is 11.8. The number of nitrogens with zero attached hydrogens (tertiary/aromatic N) is 8. The number of aliphatic hydroxyl groups excluding tert-OH is 1. The zero-order valence-electron chi connectivity index (χ0n) is 48.0. The fraction of sp³-hybridized carbons (Fsp3) is 0.567. The summed E-state index contributed by atoms with van der Waals surface area (Å²) in [4.78, 5) is 77.3. The molecule has 4 aliphatic heterocycles. The molecule has 5 N–H and O–H groups in total. The van der Waals surface area contributed by atoms with Crippen molar-refractivity contribution in [3.05, 3.63) is 87.9 Å². The van der Waals surface area contributed by atoms with Gasteiger partial charge in [0.2, 0.25) is 23.6 Å². The Morgan fingerprint density at radius 2 is 1.66 bits per heavy atom. The summed E-state index contributed by atoms with van der Waals surface area (Å²) in [6.45, 7) is 11.1. The van der Waals surface area contributed by atoms with Crippen LogP contribution in [-0.4, -0.2) is 134 Å². The van der Waals surface area contributed by atoms with Crippen LogP contribution in [0.25, 0.3) is 21.6 Å². The van der Waals surface area contributed by atoms with Crippen molar-refractivity contribution in [2.75, 3.05) is 51.3 Å². The minimum Gasteiger partial charge on any atom is -0.391 e. The first kappa shape index (κ1) is 59.8. The zero-order chi connectivity index (χ0) is 58.1.